The molecule has 1 heterocycles. The third kappa shape index (κ3) is 7.52. The van der Waals surface area contributed by atoms with E-state index in [1.165, 1.54) is 12.8 Å². The molecule has 1 aliphatic heterocycles. The van der Waals surface area contributed by atoms with E-state index in [1.54, 1.807) is 4.90 Å². The van der Waals surface area contributed by atoms with Crippen LogP contribution in [0.2, 0.25) is 0 Å². The number of carbonyl (C=O) groups is 2. The second-order valence-corrected chi connectivity index (χ2v) is 8.50. The van der Waals surface area contributed by atoms with Gasteiger partial charge in [0.1, 0.15) is 11.1 Å². The average Bonchev–Trinajstić information content (AvgIpc) is 2.48. The third-order valence-corrected chi connectivity index (χ3v) is 4.65. The van der Waals surface area contributed by atoms with Gasteiger partial charge in [0.2, 0.25) is 0 Å². The molecule has 0 bridgehead atoms. The number of hydrogen-bond donors (Lipinski definition) is 1. The Hall–Kier alpha value is -1.30. The highest BCUT2D eigenvalue weighted by Gasteiger charge is 2.38. The van der Waals surface area contributed by atoms with Crippen molar-refractivity contribution < 1.29 is 19.1 Å². The maximum atomic E-state index is 12.4. The number of amides is 1. The number of nitrogens with zero attached hydrogens (tertiary/aromatic N) is 1. The zero-order chi connectivity index (χ0) is 19.8. The Morgan fingerprint density at radius 3 is 2.27 bits per heavy atom. The molecule has 1 saturated heterocycles. The van der Waals surface area contributed by atoms with E-state index in [0.717, 1.165) is 19.3 Å². The maximum Gasteiger partial charge on any atom is 0.410 e. The molecule has 1 rings (SSSR count). The molecular formula is C20H38N2O4. The molecule has 0 unspecified atom stereocenters. The van der Waals surface area contributed by atoms with Crippen LogP contribution in [0.25, 0.3) is 0 Å². The second kappa shape index (κ2) is 10.1. The molecule has 0 aromatic rings. The number of unbranched alkanes of at least 4 members (excludes halogenated alkanes) is 3. The fourth-order valence-corrected chi connectivity index (χ4v) is 3.00. The minimum Gasteiger partial charge on any atom is -0.465 e. The molecule has 152 valence electrons. The van der Waals surface area contributed by atoms with Crippen molar-refractivity contribution >= 4 is 12.1 Å². The number of nitrogens with one attached hydrogen (secondary N) is 1. The molecular weight excluding hydrogens is 332 g/mol. The van der Waals surface area contributed by atoms with Gasteiger partial charge in [-0.2, -0.15) is 0 Å². The van der Waals surface area contributed by atoms with Crippen molar-refractivity contribution in [1.29, 1.82) is 0 Å². The first-order valence-electron chi connectivity index (χ1n) is 10.0. The van der Waals surface area contributed by atoms with Crippen LogP contribution in [0.1, 0.15) is 73.6 Å². The first-order valence-corrected chi connectivity index (χ1v) is 10.0. The molecule has 6 heteroatoms. The zero-order valence-corrected chi connectivity index (χ0v) is 17.5. The van der Waals surface area contributed by atoms with Crippen LogP contribution in [0.3, 0.4) is 0 Å². The number of rotatable bonds is 10. The summed E-state index contributed by atoms with van der Waals surface area (Å²) >= 11 is 0. The van der Waals surface area contributed by atoms with Crippen LogP contribution >= 0.6 is 0 Å². The summed E-state index contributed by atoms with van der Waals surface area (Å²) in [7, 11) is 0. The van der Waals surface area contributed by atoms with Gasteiger partial charge < -0.3 is 19.7 Å². The molecule has 1 amide bonds. The molecule has 1 fully saturated rings. The average molecular weight is 371 g/mol. The molecule has 6 nitrogen and oxygen atoms in total. The normalized spacial score (nSPS) is 17.4. The minimum absolute atomic E-state index is 0.181. The summed E-state index contributed by atoms with van der Waals surface area (Å²) in [6.07, 6.45) is 5.00. The van der Waals surface area contributed by atoms with Gasteiger partial charge >= 0.3 is 12.1 Å². The van der Waals surface area contributed by atoms with Crippen LogP contribution in [-0.4, -0.2) is 54.3 Å². The lowest BCUT2D eigenvalue weighted by Gasteiger charge is -2.41. The van der Waals surface area contributed by atoms with Crippen molar-refractivity contribution in [3.05, 3.63) is 0 Å². The molecule has 1 aliphatic rings. The highest BCUT2D eigenvalue weighted by atomic mass is 16.6. The van der Waals surface area contributed by atoms with E-state index >= 15 is 0 Å². The molecule has 0 aromatic heterocycles. The van der Waals surface area contributed by atoms with Crippen molar-refractivity contribution in [2.75, 3.05) is 26.2 Å². The van der Waals surface area contributed by atoms with Crippen LogP contribution in [0.4, 0.5) is 4.79 Å². The Labute approximate surface area is 159 Å². The summed E-state index contributed by atoms with van der Waals surface area (Å²) in [5.74, 6) is 0.159. The Morgan fingerprint density at radius 2 is 1.73 bits per heavy atom. The molecule has 0 spiro atoms. The second-order valence-electron chi connectivity index (χ2n) is 8.50. The van der Waals surface area contributed by atoms with Crippen LogP contribution in [0, 0.1) is 5.92 Å². The van der Waals surface area contributed by atoms with E-state index in [-0.39, 0.29) is 12.1 Å². The van der Waals surface area contributed by atoms with Gasteiger partial charge in [0, 0.05) is 25.6 Å². The maximum absolute atomic E-state index is 12.4. The van der Waals surface area contributed by atoms with E-state index in [1.807, 2.05) is 34.6 Å². The Bertz CT molecular complexity index is 455. The summed E-state index contributed by atoms with van der Waals surface area (Å²) in [6, 6.07) is 0. The number of carbonyl (C=O) groups excluding carboxylic acids is 2. The van der Waals surface area contributed by atoms with E-state index in [2.05, 4.69) is 12.2 Å². The lowest BCUT2D eigenvalue weighted by atomic mass is 9.92. The standard InChI is InChI=1S/C20H38N2O4/c1-7-9-10-11-12-20(6,17(23)25-8-2)21-13-16-14-22(15-16)18(24)26-19(3,4)5/h16,21H,7-15H2,1-6H3/t20-/m1/s1. The number of likely N-dealkylation sites (tertiary alicyclic amines) is 1. The summed E-state index contributed by atoms with van der Waals surface area (Å²) < 4.78 is 10.7. The molecule has 26 heavy (non-hydrogen) atoms. The molecule has 0 radical (unpaired) electrons. The van der Waals surface area contributed by atoms with Gasteiger partial charge in [-0.25, -0.2) is 4.79 Å². The SMILES string of the molecule is CCCCCC[C@@](C)(NCC1CN(C(=O)OC(C)(C)C)C1)C(=O)OCC. The van der Waals surface area contributed by atoms with Crippen LogP contribution in [-0.2, 0) is 14.3 Å². The van der Waals surface area contributed by atoms with Crippen molar-refractivity contribution in [2.45, 2.75) is 84.8 Å². The quantitative estimate of drug-likeness (QED) is 0.469. The summed E-state index contributed by atoms with van der Waals surface area (Å²) in [4.78, 5) is 26.1. The minimum atomic E-state index is -0.657. The third-order valence-electron chi connectivity index (χ3n) is 4.65. The highest BCUT2D eigenvalue weighted by molar-refractivity contribution is 5.80. The monoisotopic (exact) mass is 370 g/mol. The predicted molar refractivity (Wildman–Crippen MR) is 103 cm³/mol. The van der Waals surface area contributed by atoms with E-state index in [9.17, 15) is 9.59 Å². The first-order chi connectivity index (χ1) is 12.1. The van der Waals surface area contributed by atoms with Crippen molar-refractivity contribution in [2.24, 2.45) is 5.92 Å². The molecule has 1 atom stereocenters. The van der Waals surface area contributed by atoms with Gasteiger partial charge in [0.15, 0.2) is 0 Å². The van der Waals surface area contributed by atoms with Gasteiger partial charge in [0.25, 0.3) is 0 Å². The van der Waals surface area contributed by atoms with Gasteiger partial charge in [-0.05, 0) is 41.0 Å². The molecule has 0 saturated carbocycles. The van der Waals surface area contributed by atoms with E-state index in [0.29, 0.717) is 32.2 Å². The lowest BCUT2D eigenvalue weighted by molar-refractivity contribution is -0.151. The molecule has 1 N–H and O–H groups in total. The zero-order valence-electron chi connectivity index (χ0n) is 17.5. The number of hydrogen-bond acceptors (Lipinski definition) is 5. The Morgan fingerprint density at radius 1 is 1.08 bits per heavy atom. The molecule has 0 aliphatic carbocycles. The first kappa shape index (κ1) is 22.7. The van der Waals surface area contributed by atoms with Gasteiger partial charge in [-0.15, -0.1) is 0 Å². The summed E-state index contributed by atoms with van der Waals surface area (Å²) in [5.41, 5.74) is -1.13. The van der Waals surface area contributed by atoms with Gasteiger partial charge in [0.05, 0.1) is 6.61 Å². The number of ether oxygens (including phenoxy) is 2. The van der Waals surface area contributed by atoms with E-state index < -0.39 is 11.1 Å². The van der Waals surface area contributed by atoms with Crippen LogP contribution in [0.15, 0.2) is 0 Å². The Kier molecular flexibility index (Phi) is 8.87. The Balaban J connectivity index is 2.45. The van der Waals surface area contributed by atoms with E-state index in [4.69, 9.17) is 9.47 Å². The predicted octanol–water partition coefficient (Wildman–Crippen LogP) is 3.74. The fourth-order valence-electron chi connectivity index (χ4n) is 3.00. The van der Waals surface area contributed by atoms with Crippen LogP contribution < -0.4 is 5.32 Å². The van der Waals surface area contributed by atoms with Gasteiger partial charge in [-0.3, -0.25) is 4.79 Å². The van der Waals surface area contributed by atoms with Crippen molar-refractivity contribution in [1.82, 2.24) is 10.2 Å². The fraction of sp³-hybridized carbons (Fsp3) is 0.900. The highest BCUT2D eigenvalue weighted by Crippen LogP contribution is 2.22. The smallest absolute Gasteiger partial charge is 0.410 e. The van der Waals surface area contributed by atoms with Gasteiger partial charge in [-0.1, -0.05) is 32.6 Å². The topological polar surface area (TPSA) is 67.9 Å². The summed E-state index contributed by atoms with van der Waals surface area (Å²) in [6.45, 7) is 14.0. The molecule has 0 aromatic carbocycles. The summed E-state index contributed by atoms with van der Waals surface area (Å²) in [5, 5.41) is 3.41. The van der Waals surface area contributed by atoms with Crippen molar-refractivity contribution in [3.63, 3.8) is 0 Å². The number of esters is 1. The lowest BCUT2D eigenvalue weighted by Crippen LogP contribution is -2.58. The largest absolute Gasteiger partial charge is 0.465 e. The van der Waals surface area contributed by atoms with Crippen molar-refractivity contribution in [3.8, 4) is 0 Å². The van der Waals surface area contributed by atoms with Crippen LogP contribution in [0.5, 0.6) is 0 Å².